The highest BCUT2D eigenvalue weighted by molar-refractivity contribution is 5.76. The summed E-state index contributed by atoms with van der Waals surface area (Å²) in [5, 5.41) is 5.57. The molecular weight excluding hydrogens is 282 g/mol. The molecule has 3 amide bonds. The molecule has 0 aliphatic heterocycles. The first-order valence-electron chi connectivity index (χ1n) is 7.92. The SMILES string of the molecule is CCN(CC)C(=O)CCCNC(=O)NCCCn1ccnc1. The van der Waals surface area contributed by atoms with Crippen molar-refractivity contribution in [1.82, 2.24) is 25.1 Å². The van der Waals surface area contributed by atoms with Gasteiger partial charge in [-0.2, -0.15) is 0 Å². The third-order valence-corrected chi connectivity index (χ3v) is 3.41. The average molecular weight is 309 g/mol. The number of hydrogen-bond donors (Lipinski definition) is 2. The van der Waals surface area contributed by atoms with Crippen LogP contribution in [0.2, 0.25) is 0 Å². The van der Waals surface area contributed by atoms with E-state index in [1.807, 2.05) is 24.6 Å². The van der Waals surface area contributed by atoms with E-state index in [2.05, 4.69) is 15.6 Å². The van der Waals surface area contributed by atoms with Crippen molar-refractivity contribution in [3.05, 3.63) is 18.7 Å². The number of aryl methyl sites for hydroxylation is 1. The third kappa shape index (κ3) is 7.10. The first-order chi connectivity index (χ1) is 10.7. The fraction of sp³-hybridized carbons (Fsp3) is 0.667. The number of imidazole rings is 1. The molecule has 0 aliphatic rings. The summed E-state index contributed by atoms with van der Waals surface area (Å²) < 4.78 is 1.97. The Labute approximate surface area is 132 Å². The zero-order valence-electron chi connectivity index (χ0n) is 13.5. The van der Waals surface area contributed by atoms with Crippen molar-refractivity contribution in [1.29, 1.82) is 0 Å². The molecule has 0 radical (unpaired) electrons. The minimum Gasteiger partial charge on any atom is -0.343 e. The van der Waals surface area contributed by atoms with Crippen LogP contribution >= 0.6 is 0 Å². The molecule has 7 nitrogen and oxygen atoms in total. The summed E-state index contributed by atoms with van der Waals surface area (Å²) in [6, 6.07) is -0.180. The van der Waals surface area contributed by atoms with Crippen LogP contribution in [0.3, 0.4) is 0 Å². The molecule has 0 aliphatic carbocycles. The highest BCUT2D eigenvalue weighted by atomic mass is 16.2. The van der Waals surface area contributed by atoms with Crippen LogP contribution in [0.15, 0.2) is 18.7 Å². The van der Waals surface area contributed by atoms with Crippen molar-refractivity contribution in [2.45, 2.75) is 39.7 Å². The number of aromatic nitrogens is 2. The maximum Gasteiger partial charge on any atom is 0.314 e. The molecule has 0 bridgehead atoms. The molecule has 0 atom stereocenters. The van der Waals surface area contributed by atoms with E-state index in [0.717, 1.165) is 26.1 Å². The van der Waals surface area contributed by atoms with E-state index in [-0.39, 0.29) is 11.9 Å². The molecule has 0 unspecified atom stereocenters. The Morgan fingerprint density at radius 2 is 1.82 bits per heavy atom. The minimum atomic E-state index is -0.180. The fourth-order valence-electron chi connectivity index (χ4n) is 2.12. The summed E-state index contributed by atoms with van der Waals surface area (Å²) in [6.07, 6.45) is 7.38. The maximum atomic E-state index is 11.8. The number of hydrogen-bond acceptors (Lipinski definition) is 3. The van der Waals surface area contributed by atoms with Gasteiger partial charge in [0, 0.05) is 51.5 Å². The van der Waals surface area contributed by atoms with Gasteiger partial charge in [0.25, 0.3) is 0 Å². The number of carbonyl (C=O) groups is 2. The normalized spacial score (nSPS) is 10.3. The molecule has 1 aromatic rings. The highest BCUT2D eigenvalue weighted by Crippen LogP contribution is 1.96. The zero-order valence-corrected chi connectivity index (χ0v) is 13.5. The van der Waals surface area contributed by atoms with Crippen LogP contribution in [0.25, 0.3) is 0 Å². The van der Waals surface area contributed by atoms with Crippen LogP contribution in [-0.2, 0) is 11.3 Å². The number of nitrogens with one attached hydrogen (secondary N) is 2. The molecule has 124 valence electrons. The van der Waals surface area contributed by atoms with Crippen molar-refractivity contribution in [2.75, 3.05) is 26.2 Å². The molecule has 1 aromatic heterocycles. The lowest BCUT2D eigenvalue weighted by atomic mass is 10.2. The fourth-order valence-corrected chi connectivity index (χ4v) is 2.12. The predicted octanol–water partition coefficient (Wildman–Crippen LogP) is 1.22. The van der Waals surface area contributed by atoms with Crippen LogP contribution < -0.4 is 10.6 Å². The number of amides is 3. The Bertz CT molecular complexity index is 429. The predicted molar refractivity (Wildman–Crippen MR) is 85.4 cm³/mol. The van der Waals surface area contributed by atoms with Gasteiger partial charge in [-0.1, -0.05) is 0 Å². The van der Waals surface area contributed by atoms with E-state index in [1.54, 1.807) is 17.4 Å². The van der Waals surface area contributed by atoms with Gasteiger partial charge in [-0.15, -0.1) is 0 Å². The lowest BCUT2D eigenvalue weighted by molar-refractivity contribution is -0.130. The van der Waals surface area contributed by atoms with Gasteiger partial charge in [-0.25, -0.2) is 9.78 Å². The quantitative estimate of drug-likeness (QED) is 0.638. The molecule has 1 heterocycles. The smallest absolute Gasteiger partial charge is 0.314 e. The summed E-state index contributed by atoms with van der Waals surface area (Å²) in [5.74, 6) is 0.146. The zero-order chi connectivity index (χ0) is 16.2. The molecule has 0 saturated heterocycles. The van der Waals surface area contributed by atoms with Gasteiger partial charge < -0.3 is 20.1 Å². The first-order valence-corrected chi connectivity index (χ1v) is 7.92. The van der Waals surface area contributed by atoms with E-state index in [4.69, 9.17) is 0 Å². The Kier molecular flexibility index (Phi) is 8.71. The third-order valence-electron chi connectivity index (χ3n) is 3.41. The van der Waals surface area contributed by atoms with Gasteiger partial charge in [-0.05, 0) is 26.7 Å². The topological polar surface area (TPSA) is 79.3 Å². The molecule has 0 saturated carbocycles. The van der Waals surface area contributed by atoms with E-state index in [0.29, 0.717) is 25.9 Å². The van der Waals surface area contributed by atoms with Crippen LogP contribution in [0.5, 0.6) is 0 Å². The van der Waals surface area contributed by atoms with E-state index < -0.39 is 0 Å². The van der Waals surface area contributed by atoms with Crippen LogP contribution in [-0.4, -0.2) is 52.6 Å². The number of nitrogens with zero attached hydrogens (tertiary/aromatic N) is 3. The molecule has 22 heavy (non-hydrogen) atoms. The maximum absolute atomic E-state index is 11.8. The van der Waals surface area contributed by atoms with Crippen molar-refractivity contribution >= 4 is 11.9 Å². The van der Waals surface area contributed by atoms with Gasteiger partial charge in [0.05, 0.1) is 6.33 Å². The van der Waals surface area contributed by atoms with Crippen LogP contribution in [0, 0.1) is 0 Å². The van der Waals surface area contributed by atoms with Crippen molar-refractivity contribution in [3.63, 3.8) is 0 Å². The van der Waals surface area contributed by atoms with E-state index in [1.165, 1.54) is 0 Å². The molecule has 7 heteroatoms. The molecule has 0 fully saturated rings. The standard InChI is InChI=1S/C15H27N5O2/c1-3-20(4-2)14(21)7-5-8-17-15(22)18-9-6-11-19-12-10-16-13-19/h10,12-13H,3-9,11H2,1-2H3,(H2,17,18,22). The second-order valence-electron chi connectivity index (χ2n) is 5.01. The number of rotatable bonds is 10. The molecule has 0 aromatic carbocycles. The summed E-state index contributed by atoms with van der Waals surface area (Å²) in [4.78, 5) is 29.1. The Balaban J connectivity index is 2.00. The van der Waals surface area contributed by atoms with Gasteiger partial charge in [0.15, 0.2) is 0 Å². The molecule has 2 N–H and O–H groups in total. The summed E-state index contributed by atoms with van der Waals surface area (Å²) in [7, 11) is 0. The van der Waals surface area contributed by atoms with Gasteiger partial charge >= 0.3 is 6.03 Å². The highest BCUT2D eigenvalue weighted by Gasteiger charge is 2.08. The van der Waals surface area contributed by atoms with E-state index in [9.17, 15) is 9.59 Å². The van der Waals surface area contributed by atoms with Crippen molar-refractivity contribution < 1.29 is 9.59 Å². The minimum absolute atomic E-state index is 0.146. The molecular formula is C15H27N5O2. The van der Waals surface area contributed by atoms with Gasteiger partial charge in [0.2, 0.25) is 5.91 Å². The second kappa shape index (κ2) is 10.6. The summed E-state index contributed by atoms with van der Waals surface area (Å²) in [6.45, 7) is 7.37. The van der Waals surface area contributed by atoms with Crippen molar-refractivity contribution in [3.8, 4) is 0 Å². The number of urea groups is 1. The Hall–Kier alpha value is -2.05. The second-order valence-corrected chi connectivity index (χ2v) is 5.01. The monoisotopic (exact) mass is 309 g/mol. The van der Waals surface area contributed by atoms with E-state index >= 15 is 0 Å². The Morgan fingerprint density at radius 3 is 2.41 bits per heavy atom. The lowest BCUT2D eigenvalue weighted by Crippen LogP contribution is -2.37. The van der Waals surface area contributed by atoms with Gasteiger partial charge in [0.1, 0.15) is 0 Å². The largest absolute Gasteiger partial charge is 0.343 e. The van der Waals surface area contributed by atoms with Crippen LogP contribution in [0.1, 0.15) is 33.1 Å². The Morgan fingerprint density at radius 1 is 1.14 bits per heavy atom. The summed E-state index contributed by atoms with van der Waals surface area (Å²) >= 11 is 0. The average Bonchev–Trinajstić information content (AvgIpc) is 3.02. The molecule has 0 spiro atoms. The molecule has 1 rings (SSSR count). The first kappa shape index (κ1) is 18.0. The van der Waals surface area contributed by atoms with Crippen molar-refractivity contribution in [2.24, 2.45) is 0 Å². The lowest BCUT2D eigenvalue weighted by Gasteiger charge is -2.18. The van der Waals surface area contributed by atoms with Crippen LogP contribution in [0.4, 0.5) is 4.79 Å². The summed E-state index contributed by atoms with van der Waals surface area (Å²) in [5.41, 5.74) is 0. The van der Waals surface area contributed by atoms with Gasteiger partial charge in [-0.3, -0.25) is 4.79 Å². The number of carbonyl (C=O) groups excluding carboxylic acids is 2.